The van der Waals surface area contributed by atoms with Gasteiger partial charge in [-0.05, 0) is 31.7 Å². The molecule has 0 saturated heterocycles. The van der Waals surface area contributed by atoms with Crippen LogP contribution in [0.25, 0.3) is 22.4 Å². The van der Waals surface area contributed by atoms with Crippen molar-refractivity contribution in [3.05, 3.63) is 35.5 Å². The van der Waals surface area contributed by atoms with Gasteiger partial charge in [0, 0.05) is 29.4 Å². The van der Waals surface area contributed by atoms with Crippen LogP contribution in [-0.4, -0.2) is 37.1 Å². The normalized spacial score (nSPS) is 19.9. The molecule has 0 bridgehead atoms. The molecule has 3 aromatic rings. The van der Waals surface area contributed by atoms with Crippen LogP contribution in [0.3, 0.4) is 0 Å². The van der Waals surface area contributed by atoms with Gasteiger partial charge in [-0.25, -0.2) is 19.3 Å². The van der Waals surface area contributed by atoms with Gasteiger partial charge in [-0.15, -0.1) is 0 Å². The smallest absolute Gasteiger partial charge is 0.306 e. The number of fused-ring (bicyclic) bond motifs is 1. The third-order valence-corrected chi connectivity index (χ3v) is 5.11. The third-order valence-electron chi connectivity index (χ3n) is 4.90. The molecule has 9 heteroatoms. The van der Waals surface area contributed by atoms with Gasteiger partial charge in [0.2, 0.25) is 0 Å². The fraction of sp³-hybridized carbons (Fsp3) is 0.333. The summed E-state index contributed by atoms with van der Waals surface area (Å²) < 4.78 is 14.2. The molecule has 0 spiro atoms. The molecule has 1 fully saturated rings. The van der Waals surface area contributed by atoms with Crippen molar-refractivity contribution in [3.63, 3.8) is 0 Å². The molecule has 1 aliphatic carbocycles. The largest absolute Gasteiger partial charge is 0.481 e. The van der Waals surface area contributed by atoms with E-state index >= 15 is 0 Å². The van der Waals surface area contributed by atoms with E-state index in [0.29, 0.717) is 47.7 Å². The van der Waals surface area contributed by atoms with Gasteiger partial charge in [0.1, 0.15) is 5.65 Å². The van der Waals surface area contributed by atoms with Crippen molar-refractivity contribution in [1.82, 2.24) is 19.9 Å². The van der Waals surface area contributed by atoms with Crippen LogP contribution in [-0.2, 0) is 4.79 Å². The van der Waals surface area contributed by atoms with Crippen LogP contribution in [0.2, 0.25) is 5.02 Å². The number of halogens is 2. The molecule has 7 nitrogen and oxygen atoms in total. The Morgan fingerprint density at radius 1 is 1.26 bits per heavy atom. The maximum absolute atomic E-state index is 14.2. The quantitative estimate of drug-likeness (QED) is 0.625. The summed E-state index contributed by atoms with van der Waals surface area (Å²) in [7, 11) is 0. The molecule has 0 unspecified atom stereocenters. The lowest BCUT2D eigenvalue weighted by Crippen LogP contribution is -2.30. The lowest BCUT2D eigenvalue weighted by Gasteiger charge is -2.27. The number of rotatable bonds is 4. The number of carbonyl (C=O) groups is 1. The second kappa shape index (κ2) is 7.11. The Balaban J connectivity index is 1.58. The molecule has 3 aromatic heterocycles. The maximum Gasteiger partial charge on any atom is 0.306 e. The van der Waals surface area contributed by atoms with Crippen LogP contribution in [0, 0.1) is 11.7 Å². The Hall–Kier alpha value is -2.74. The van der Waals surface area contributed by atoms with Crippen LogP contribution < -0.4 is 5.32 Å². The number of carboxylic acids is 1. The van der Waals surface area contributed by atoms with Crippen molar-refractivity contribution in [3.8, 4) is 11.4 Å². The third kappa shape index (κ3) is 3.57. The first-order chi connectivity index (χ1) is 13.0. The van der Waals surface area contributed by atoms with E-state index < -0.39 is 11.8 Å². The highest BCUT2D eigenvalue weighted by Crippen LogP contribution is 2.30. The van der Waals surface area contributed by atoms with Crippen molar-refractivity contribution in [2.24, 2.45) is 5.92 Å². The Labute approximate surface area is 159 Å². The zero-order valence-electron chi connectivity index (χ0n) is 14.2. The monoisotopic (exact) mass is 389 g/mol. The van der Waals surface area contributed by atoms with Crippen molar-refractivity contribution in [2.75, 3.05) is 5.32 Å². The maximum atomic E-state index is 14.2. The highest BCUT2D eigenvalue weighted by atomic mass is 35.5. The van der Waals surface area contributed by atoms with E-state index in [-0.39, 0.29) is 17.8 Å². The highest BCUT2D eigenvalue weighted by Gasteiger charge is 2.26. The van der Waals surface area contributed by atoms with Crippen molar-refractivity contribution < 1.29 is 14.3 Å². The number of hydrogen-bond donors (Lipinski definition) is 3. The van der Waals surface area contributed by atoms with E-state index in [2.05, 4.69) is 25.3 Å². The van der Waals surface area contributed by atoms with Crippen LogP contribution in [0.15, 0.2) is 24.7 Å². The molecule has 3 N–H and O–H groups in total. The number of nitrogens with one attached hydrogen (secondary N) is 2. The van der Waals surface area contributed by atoms with Gasteiger partial charge in [0.05, 0.1) is 17.1 Å². The summed E-state index contributed by atoms with van der Waals surface area (Å²) in [6.45, 7) is 0. The Morgan fingerprint density at radius 3 is 2.78 bits per heavy atom. The van der Waals surface area contributed by atoms with Gasteiger partial charge in [-0.3, -0.25) is 4.79 Å². The number of aliphatic carboxylic acids is 1. The molecular weight excluding hydrogens is 373 g/mol. The standard InChI is InChI=1S/C18H17ClFN5O2/c19-10-5-12-13(7-22-15(12)21-6-10)16-23-8-14(20)17(25-16)24-11-3-1-9(2-4-11)18(26)27/h5-9,11H,1-4H2,(H,21,22)(H,26,27)(H,23,24,25). The van der Waals surface area contributed by atoms with E-state index in [1.807, 2.05) is 0 Å². The summed E-state index contributed by atoms with van der Waals surface area (Å²) in [6.07, 6.45) is 6.83. The van der Waals surface area contributed by atoms with Crippen molar-refractivity contribution >= 4 is 34.4 Å². The number of aromatic nitrogens is 4. The van der Waals surface area contributed by atoms with Crippen LogP contribution in [0.5, 0.6) is 0 Å². The number of H-pyrrole nitrogens is 1. The number of pyridine rings is 1. The minimum Gasteiger partial charge on any atom is -0.481 e. The molecule has 140 valence electrons. The first-order valence-electron chi connectivity index (χ1n) is 8.66. The average Bonchev–Trinajstić information content (AvgIpc) is 3.07. The summed E-state index contributed by atoms with van der Waals surface area (Å²) in [4.78, 5) is 26.7. The summed E-state index contributed by atoms with van der Waals surface area (Å²) in [5.41, 5.74) is 1.32. The lowest BCUT2D eigenvalue weighted by atomic mass is 9.86. The van der Waals surface area contributed by atoms with Gasteiger partial charge in [-0.1, -0.05) is 11.6 Å². The van der Waals surface area contributed by atoms with E-state index in [1.54, 1.807) is 12.3 Å². The molecule has 0 amide bonds. The van der Waals surface area contributed by atoms with Crippen molar-refractivity contribution in [1.29, 1.82) is 0 Å². The van der Waals surface area contributed by atoms with Gasteiger partial charge in [0.15, 0.2) is 17.5 Å². The van der Waals surface area contributed by atoms with Crippen LogP contribution >= 0.6 is 11.6 Å². The molecule has 0 aliphatic heterocycles. The van der Waals surface area contributed by atoms with E-state index in [1.165, 1.54) is 6.20 Å². The summed E-state index contributed by atoms with van der Waals surface area (Å²) >= 11 is 6.02. The Morgan fingerprint density at radius 2 is 2.04 bits per heavy atom. The minimum atomic E-state index is -0.768. The zero-order chi connectivity index (χ0) is 19.0. The fourth-order valence-electron chi connectivity index (χ4n) is 3.44. The molecule has 0 atom stereocenters. The number of hydrogen-bond acceptors (Lipinski definition) is 5. The van der Waals surface area contributed by atoms with Crippen molar-refractivity contribution in [2.45, 2.75) is 31.7 Å². The molecule has 3 heterocycles. The van der Waals surface area contributed by atoms with Gasteiger partial charge < -0.3 is 15.4 Å². The molecule has 0 aromatic carbocycles. The Kier molecular flexibility index (Phi) is 4.65. The van der Waals surface area contributed by atoms with Crippen LogP contribution in [0.1, 0.15) is 25.7 Å². The molecule has 1 saturated carbocycles. The predicted octanol–water partition coefficient (Wildman–Crippen LogP) is 3.87. The van der Waals surface area contributed by atoms with Crippen LogP contribution in [0.4, 0.5) is 10.2 Å². The SMILES string of the molecule is O=C(O)C1CCC(Nc2nc(-c3c[nH]c4ncc(Cl)cc34)ncc2F)CC1. The minimum absolute atomic E-state index is 0.0167. The average molecular weight is 390 g/mol. The highest BCUT2D eigenvalue weighted by molar-refractivity contribution is 6.31. The molecule has 27 heavy (non-hydrogen) atoms. The Bertz CT molecular complexity index is 1000. The number of carboxylic acid groups (broad SMARTS) is 1. The zero-order valence-corrected chi connectivity index (χ0v) is 15.0. The topological polar surface area (TPSA) is 104 Å². The molecule has 0 radical (unpaired) electrons. The summed E-state index contributed by atoms with van der Waals surface area (Å²) in [6, 6.07) is 1.74. The summed E-state index contributed by atoms with van der Waals surface area (Å²) in [5.74, 6) is -1.17. The van der Waals surface area contributed by atoms with E-state index in [0.717, 1.165) is 11.6 Å². The summed E-state index contributed by atoms with van der Waals surface area (Å²) in [5, 5.41) is 13.4. The first-order valence-corrected chi connectivity index (χ1v) is 9.04. The van der Waals surface area contributed by atoms with E-state index in [4.69, 9.17) is 16.7 Å². The fourth-order valence-corrected chi connectivity index (χ4v) is 3.60. The van der Waals surface area contributed by atoms with Gasteiger partial charge in [-0.2, -0.15) is 0 Å². The molecule has 1 aliphatic rings. The first kappa shape index (κ1) is 17.7. The number of anilines is 1. The number of nitrogens with zero attached hydrogens (tertiary/aromatic N) is 3. The molecular formula is C18H17ClFN5O2. The molecule has 4 rings (SSSR count). The number of aromatic amines is 1. The van der Waals surface area contributed by atoms with Gasteiger partial charge in [0.25, 0.3) is 0 Å². The second-order valence-electron chi connectivity index (χ2n) is 6.67. The van der Waals surface area contributed by atoms with Gasteiger partial charge >= 0.3 is 5.97 Å². The second-order valence-corrected chi connectivity index (χ2v) is 7.11. The lowest BCUT2D eigenvalue weighted by molar-refractivity contribution is -0.142. The van der Waals surface area contributed by atoms with E-state index in [9.17, 15) is 9.18 Å². The predicted molar refractivity (Wildman–Crippen MR) is 99.1 cm³/mol.